The average Bonchev–Trinajstić information content (AvgIpc) is 2.87. The van der Waals surface area contributed by atoms with E-state index in [1.165, 1.54) is 11.1 Å². The van der Waals surface area contributed by atoms with E-state index in [-0.39, 0.29) is 11.8 Å². The molecule has 0 atom stereocenters. The number of hydrogen-bond donors (Lipinski definition) is 2. The zero-order chi connectivity index (χ0) is 14.8. The smallest absolute Gasteiger partial charge is 0.267 e. The zero-order valence-electron chi connectivity index (χ0n) is 11.8. The van der Waals surface area contributed by atoms with E-state index in [0.717, 1.165) is 36.6 Å². The van der Waals surface area contributed by atoms with Crippen LogP contribution in [0.25, 0.3) is 10.9 Å². The van der Waals surface area contributed by atoms with E-state index < -0.39 is 5.91 Å². The van der Waals surface area contributed by atoms with Gasteiger partial charge >= 0.3 is 0 Å². The number of hydrogen-bond acceptors (Lipinski definition) is 2. The van der Waals surface area contributed by atoms with Crippen LogP contribution in [0.15, 0.2) is 30.3 Å². The van der Waals surface area contributed by atoms with Crippen molar-refractivity contribution in [1.82, 2.24) is 4.68 Å². The molecule has 0 spiro atoms. The number of fused-ring (bicyclic) bond motifs is 1. The maximum atomic E-state index is 12.4. The number of para-hydroxylation sites is 1. The quantitative estimate of drug-likeness (QED) is 0.908. The third kappa shape index (κ3) is 2.63. The molecule has 1 fully saturated rings. The van der Waals surface area contributed by atoms with Gasteiger partial charge in [-0.15, -0.1) is 0 Å². The minimum Gasteiger partial charge on any atom is -0.364 e. The Bertz CT molecular complexity index is 684. The van der Waals surface area contributed by atoms with Crippen LogP contribution in [0.5, 0.6) is 0 Å². The number of nitrogens with two attached hydrogens (primary N) is 1. The lowest BCUT2D eigenvalue weighted by molar-refractivity contribution is -0.121. The summed E-state index contributed by atoms with van der Waals surface area (Å²) in [6, 6.07) is 9.23. The highest BCUT2D eigenvalue weighted by Gasteiger charge is 2.23. The van der Waals surface area contributed by atoms with Crippen LogP contribution in [-0.2, 0) is 4.79 Å². The molecule has 0 aliphatic heterocycles. The molecule has 1 aliphatic rings. The Morgan fingerprint density at radius 2 is 1.86 bits per heavy atom. The SMILES string of the molecule is NC(=O)c1cc2ccccc2n1NC(=O)C1CCCCC1. The Labute approximate surface area is 123 Å². The van der Waals surface area contributed by atoms with Crippen molar-refractivity contribution in [3.8, 4) is 0 Å². The second-order valence-corrected chi connectivity index (χ2v) is 5.60. The number of benzene rings is 1. The molecule has 1 saturated carbocycles. The van der Waals surface area contributed by atoms with Gasteiger partial charge in [-0.25, -0.2) is 4.68 Å². The second kappa shape index (κ2) is 5.60. The molecule has 2 amide bonds. The topological polar surface area (TPSA) is 77.1 Å². The van der Waals surface area contributed by atoms with Crippen LogP contribution in [-0.4, -0.2) is 16.5 Å². The first-order valence-electron chi connectivity index (χ1n) is 7.38. The monoisotopic (exact) mass is 285 g/mol. The molecule has 0 saturated heterocycles. The van der Waals surface area contributed by atoms with Crippen molar-refractivity contribution in [3.05, 3.63) is 36.0 Å². The molecule has 1 heterocycles. The molecule has 2 aromatic rings. The summed E-state index contributed by atoms with van der Waals surface area (Å²) >= 11 is 0. The number of carbonyl (C=O) groups is 2. The fourth-order valence-corrected chi connectivity index (χ4v) is 3.02. The van der Waals surface area contributed by atoms with Crippen LogP contribution >= 0.6 is 0 Å². The van der Waals surface area contributed by atoms with Crippen molar-refractivity contribution < 1.29 is 9.59 Å². The summed E-state index contributed by atoms with van der Waals surface area (Å²) in [5.74, 6) is -0.547. The zero-order valence-corrected chi connectivity index (χ0v) is 11.8. The highest BCUT2D eigenvalue weighted by molar-refractivity contribution is 5.99. The fraction of sp³-hybridized carbons (Fsp3) is 0.375. The van der Waals surface area contributed by atoms with Gasteiger partial charge in [0.25, 0.3) is 5.91 Å². The van der Waals surface area contributed by atoms with E-state index in [2.05, 4.69) is 5.43 Å². The normalized spacial score (nSPS) is 16.0. The number of primary amides is 1. The Balaban J connectivity index is 1.93. The fourth-order valence-electron chi connectivity index (χ4n) is 3.02. The van der Waals surface area contributed by atoms with E-state index in [0.29, 0.717) is 5.69 Å². The van der Waals surface area contributed by atoms with Crippen molar-refractivity contribution in [2.24, 2.45) is 11.7 Å². The molecule has 0 unspecified atom stereocenters. The summed E-state index contributed by atoms with van der Waals surface area (Å²) in [6.45, 7) is 0. The first-order chi connectivity index (χ1) is 10.2. The van der Waals surface area contributed by atoms with Crippen molar-refractivity contribution in [1.29, 1.82) is 0 Å². The predicted molar refractivity (Wildman–Crippen MR) is 81.4 cm³/mol. The van der Waals surface area contributed by atoms with Crippen LogP contribution < -0.4 is 11.2 Å². The summed E-state index contributed by atoms with van der Waals surface area (Å²) in [7, 11) is 0. The molecule has 0 bridgehead atoms. The maximum Gasteiger partial charge on any atom is 0.267 e. The molecule has 3 rings (SSSR count). The van der Waals surface area contributed by atoms with Gasteiger partial charge in [0.2, 0.25) is 5.91 Å². The number of aromatic nitrogens is 1. The van der Waals surface area contributed by atoms with E-state index in [1.807, 2.05) is 24.3 Å². The average molecular weight is 285 g/mol. The third-order valence-electron chi connectivity index (χ3n) is 4.16. The molecule has 1 aliphatic carbocycles. The molecule has 1 aromatic heterocycles. The van der Waals surface area contributed by atoms with Gasteiger partial charge in [-0.05, 0) is 25.0 Å². The van der Waals surface area contributed by atoms with Crippen LogP contribution in [0.2, 0.25) is 0 Å². The Morgan fingerprint density at radius 1 is 1.14 bits per heavy atom. The molecule has 5 nitrogen and oxygen atoms in total. The first kappa shape index (κ1) is 13.7. The predicted octanol–water partition coefficient (Wildman–Crippen LogP) is 2.39. The van der Waals surface area contributed by atoms with Crippen molar-refractivity contribution in [2.45, 2.75) is 32.1 Å². The van der Waals surface area contributed by atoms with Gasteiger partial charge in [-0.1, -0.05) is 37.5 Å². The molecular formula is C16H19N3O2. The van der Waals surface area contributed by atoms with E-state index in [9.17, 15) is 9.59 Å². The highest BCUT2D eigenvalue weighted by Crippen LogP contribution is 2.25. The lowest BCUT2D eigenvalue weighted by Crippen LogP contribution is -2.33. The Kier molecular flexibility index (Phi) is 3.64. The van der Waals surface area contributed by atoms with Crippen molar-refractivity contribution in [2.75, 3.05) is 5.43 Å². The maximum absolute atomic E-state index is 12.4. The third-order valence-corrected chi connectivity index (χ3v) is 4.16. The molecule has 3 N–H and O–H groups in total. The summed E-state index contributed by atoms with van der Waals surface area (Å²) < 4.78 is 1.52. The minimum absolute atomic E-state index is 0.0284. The van der Waals surface area contributed by atoms with Crippen LogP contribution in [0, 0.1) is 5.92 Å². The van der Waals surface area contributed by atoms with Gasteiger partial charge in [-0.3, -0.25) is 15.0 Å². The second-order valence-electron chi connectivity index (χ2n) is 5.60. The van der Waals surface area contributed by atoms with Gasteiger partial charge in [0, 0.05) is 11.3 Å². The number of nitrogens with one attached hydrogen (secondary N) is 1. The standard InChI is InChI=1S/C16H19N3O2/c17-15(20)14-10-12-8-4-5-9-13(12)19(14)18-16(21)11-6-2-1-3-7-11/h4-5,8-11H,1-3,6-7H2,(H2,17,20)(H,18,21). The number of rotatable bonds is 3. The number of amides is 2. The van der Waals surface area contributed by atoms with Crippen molar-refractivity contribution in [3.63, 3.8) is 0 Å². The molecule has 21 heavy (non-hydrogen) atoms. The van der Waals surface area contributed by atoms with Crippen LogP contribution in [0.1, 0.15) is 42.6 Å². The van der Waals surface area contributed by atoms with Crippen molar-refractivity contribution >= 4 is 22.7 Å². The summed E-state index contributed by atoms with van der Waals surface area (Å²) in [4.78, 5) is 24.0. The summed E-state index contributed by atoms with van der Waals surface area (Å²) in [6.07, 6.45) is 5.21. The molecular weight excluding hydrogens is 266 g/mol. The minimum atomic E-state index is -0.546. The molecule has 5 heteroatoms. The first-order valence-corrected chi connectivity index (χ1v) is 7.38. The van der Waals surface area contributed by atoms with Gasteiger partial charge in [-0.2, -0.15) is 0 Å². The highest BCUT2D eigenvalue weighted by atomic mass is 16.2. The lowest BCUT2D eigenvalue weighted by Gasteiger charge is -2.21. The Hall–Kier alpha value is -2.30. The summed E-state index contributed by atoms with van der Waals surface area (Å²) in [5.41, 5.74) is 9.38. The summed E-state index contributed by atoms with van der Waals surface area (Å²) in [5, 5.41) is 0.884. The van der Waals surface area contributed by atoms with Crippen LogP contribution in [0.4, 0.5) is 0 Å². The largest absolute Gasteiger partial charge is 0.364 e. The van der Waals surface area contributed by atoms with E-state index in [1.54, 1.807) is 6.07 Å². The van der Waals surface area contributed by atoms with Gasteiger partial charge < -0.3 is 5.73 Å². The molecule has 1 aromatic carbocycles. The van der Waals surface area contributed by atoms with E-state index >= 15 is 0 Å². The van der Waals surface area contributed by atoms with Gasteiger partial charge in [0.1, 0.15) is 5.69 Å². The van der Waals surface area contributed by atoms with Gasteiger partial charge in [0.05, 0.1) is 5.52 Å². The molecule has 110 valence electrons. The van der Waals surface area contributed by atoms with E-state index in [4.69, 9.17) is 5.73 Å². The van der Waals surface area contributed by atoms with Crippen LogP contribution in [0.3, 0.4) is 0 Å². The lowest BCUT2D eigenvalue weighted by atomic mass is 9.89. The molecule has 0 radical (unpaired) electrons. The number of carbonyl (C=O) groups excluding carboxylic acids is 2. The Morgan fingerprint density at radius 3 is 2.57 bits per heavy atom. The number of nitrogens with zero attached hydrogens (tertiary/aromatic N) is 1. The van der Waals surface area contributed by atoms with Gasteiger partial charge in [0.15, 0.2) is 0 Å².